The number of hydrogen-bond donors (Lipinski definition) is 1. The van der Waals surface area contributed by atoms with E-state index in [1.807, 2.05) is 13.0 Å². The van der Waals surface area contributed by atoms with Gasteiger partial charge in [0.15, 0.2) is 5.65 Å². The van der Waals surface area contributed by atoms with Crippen molar-refractivity contribution in [3.63, 3.8) is 0 Å². The molecule has 0 radical (unpaired) electrons. The minimum Gasteiger partial charge on any atom is -0.269 e. The number of fused-ring (bicyclic) bond motifs is 1. The third kappa shape index (κ3) is 1.24. The van der Waals surface area contributed by atoms with Gasteiger partial charge in [-0.25, -0.2) is 4.98 Å². The Bertz CT molecular complexity index is 437. The summed E-state index contributed by atoms with van der Waals surface area (Å²) in [6.45, 7) is 1.95. The van der Waals surface area contributed by atoms with Crippen LogP contribution in [-0.2, 0) is 0 Å². The summed E-state index contributed by atoms with van der Waals surface area (Å²) in [4.78, 5) is 4.30. The fraction of sp³-hybridized carbons (Fsp3) is 0.143. The number of nitrogens with one attached hydrogen (secondary N) is 1. The van der Waals surface area contributed by atoms with Gasteiger partial charge >= 0.3 is 0 Å². The molecule has 2 rings (SSSR count). The Balaban J connectivity index is 2.87. The van der Waals surface area contributed by atoms with E-state index in [9.17, 15) is 0 Å². The molecule has 5 heteroatoms. The smallest absolute Gasteiger partial charge is 0.182 e. The lowest BCUT2D eigenvalue weighted by molar-refractivity contribution is 1.07. The van der Waals surface area contributed by atoms with Gasteiger partial charge in [-0.05, 0) is 51.5 Å². The second-order valence-electron chi connectivity index (χ2n) is 2.46. The Morgan fingerprint density at radius 2 is 2.33 bits per heavy atom. The van der Waals surface area contributed by atoms with Gasteiger partial charge in [-0.1, -0.05) is 0 Å². The predicted molar refractivity (Wildman–Crippen MR) is 59.0 cm³/mol. The second kappa shape index (κ2) is 2.95. The van der Waals surface area contributed by atoms with Crippen LogP contribution < -0.4 is 0 Å². The van der Waals surface area contributed by atoms with Crippen LogP contribution in [0.15, 0.2) is 10.5 Å². The van der Waals surface area contributed by atoms with Crippen LogP contribution in [-0.4, -0.2) is 15.2 Å². The molecule has 0 atom stereocenters. The first-order valence-electron chi connectivity index (χ1n) is 3.35. The van der Waals surface area contributed by atoms with Gasteiger partial charge in [0.25, 0.3) is 0 Å². The molecular formula is C7H5BrIN3. The highest BCUT2D eigenvalue weighted by Gasteiger charge is 2.05. The molecule has 3 nitrogen and oxygen atoms in total. The van der Waals surface area contributed by atoms with Gasteiger partial charge in [0.05, 0.1) is 11.1 Å². The zero-order valence-corrected chi connectivity index (χ0v) is 9.97. The number of nitrogens with zero attached hydrogens (tertiary/aromatic N) is 2. The molecule has 2 heterocycles. The van der Waals surface area contributed by atoms with Gasteiger partial charge in [-0.15, -0.1) is 0 Å². The van der Waals surface area contributed by atoms with E-state index in [1.54, 1.807) is 0 Å². The number of rotatable bonds is 0. The molecule has 0 bridgehead atoms. The molecule has 0 aromatic carbocycles. The van der Waals surface area contributed by atoms with Crippen LogP contribution in [0.5, 0.6) is 0 Å². The Morgan fingerprint density at radius 3 is 3.08 bits per heavy atom. The number of hydrogen-bond acceptors (Lipinski definition) is 2. The van der Waals surface area contributed by atoms with Gasteiger partial charge in [-0.3, -0.25) is 5.10 Å². The second-order valence-corrected chi connectivity index (χ2v) is 4.40. The summed E-state index contributed by atoms with van der Waals surface area (Å²) in [7, 11) is 0. The van der Waals surface area contributed by atoms with Crippen molar-refractivity contribution in [1.82, 2.24) is 15.2 Å². The van der Waals surface area contributed by atoms with E-state index < -0.39 is 0 Å². The highest BCUT2D eigenvalue weighted by atomic mass is 127. The lowest BCUT2D eigenvalue weighted by Gasteiger charge is -1.95. The van der Waals surface area contributed by atoms with Crippen molar-refractivity contribution in [3.8, 4) is 0 Å². The van der Waals surface area contributed by atoms with Crippen molar-refractivity contribution in [2.75, 3.05) is 0 Å². The first-order chi connectivity index (χ1) is 5.68. The monoisotopic (exact) mass is 337 g/mol. The quantitative estimate of drug-likeness (QED) is 0.751. The Kier molecular flexibility index (Phi) is 2.07. The fourth-order valence-electron chi connectivity index (χ4n) is 0.977. The molecule has 0 fully saturated rings. The van der Waals surface area contributed by atoms with Crippen LogP contribution in [0.3, 0.4) is 0 Å². The molecule has 0 spiro atoms. The molecule has 0 amide bonds. The summed E-state index contributed by atoms with van der Waals surface area (Å²) >= 11 is 5.63. The SMILES string of the molecule is Cc1nc2n[nH]c(I)c2cc1Br. The van der Waals surface area contributed by atoms with Crippen molar-refractivity contribution >= 4 is 49.6 Å². The molecular weight excluding hydrogens is 333 g/mol. The van der Waals surface area contributed by atoms with E-state index in [1.165, 1.54) is 0 Å². The van der Waals surface area contributed by atoms with Crippen LogP contribution in [0, 0.1) is 10.6 Å². The normalized spacial score (nSPS) is 10.9. The van der Waals surface area contributed by atoms with E-state index in [0.717, 1.165) is 24.9 Å². The van der Waals surface area contributed by atoms with Crippen molar-refractivity contribution < 1.29 is 0 Å². The van der Waals surface area contributed by atoms with Crippen molar-refractivity contribution in [1.29, 1.82) is 0 Å². The van der Waals surface area contributed by atoms with Crippen molar-refractivity contribution in [2.24, 2.45) is 0 Å². The van der Waals surface area contributed by atoms with Crippen LogP contribution in [0.4, 0.5) is 0 Å². The molecule has 1 N–H and O–H groups in total. The van der Waals surface area contributed by atoms with E-state index in [0.29, 0.717) is 0 Å². The zero-order valence-electron chi connectivity index (χ0n) is 6.23. The first-order valence-corrected chi connectivity index (χ1v) is 5.22. The van der Waals surface area contributed by atoms with Gasteiger partial charge in [0.1, 0.15) is 3.70 Å². The highest BCUT2D eigenvalue weighted by Crippen LogP contribution is 2.22. The van der Waals surface area contributed by atoms with Gasteiger partial charge < -0.3 is 0 Å². The Labute approximate surface area is 91.2 Å². The lowest BCUT2D eigenvalue weighted by Crippen LogP contribution is -1.83. The third-order valence-corrected chi connectivity index (χ3v) is 3.25. The summed E-state index contributed by atoms with van der Waals surface area (Å²) in [6, 6.07) is 2.03. The van der Waals surface area contributed by atoms with Gasteiger partial charge in [0, 0.05) is 4.47 Å². The third-order valence-electron chi connectivity index (χ3n) is 1.63. The highest BCUT2D eigenvalue weighted by molar-refractivity contribution is 14.1. The molecule has 12 heavy (non-hydrogen) atoms. The molecule has 2 aromatic heterocycles. The van der Waals surface area contributed by atoms with E-state index in [-0.39, 0.29) is 0 Å². The van der Waals surface area contributed by atoms with Gasteiger partial charge in [0.2, 0.25) is 0 Å². The van der Waals surface area contributed by atoms with Gasteiger partial charge in [-0.2, -0.15) is 5.10 Å². The first kappa shape index (κ1) is 8.43. The number of aromatic amines is 1. The molecule has 0 aliphatic heterocycles. The Morgan fingerprint density at radius 1 is 1.58 bits per heavy atom. The van der Waals surface area contributed by atoms with E-state index >= 15 is 0 Å². The van der Waals surface area contributed by atoms with Crippen LogP contribution in [0.25, 0.3) is 11.0 Å². The lowest BCUT2D eigenvalue weighted by atomic mass is 10.3. The van der Waals surface area contributed by atoms with Crippen LogP contribution >= 0.6 is 38.5 Å². The van der Waals surface area contributed by atoms with Crippen molar-refractivity contribution in [2.45, 2.75) is 6.92 Å². The maximum atomic E-state index is 4.30. The molecule has 0 saturated heterocycles. The molecule has 0 unspecified atom stereocenters. The minimum absolute atomic E-state index is 0.778. The molecule has 2 aromatic rings. The topological polar surface area (TPSA) is 41.6 Å². The molecule has 0 aliphatic rings. The van der Waals surface area contributed by atoms with Crippen LogP contribution in [0.2, 0.25) is 0 Å². The summed E-state index contributed by atoms with van der Waals surface area (Å²) < 4.78 is 2.05. The number of aryl methyl sites for hydroxylation is 1. The molecule has 0 saturated carbocycles. The maximum Gasteiger partial charge on any atom is 0.182 e. The summed E-state index contributed by atoms with van der Waals surface area (Å²) in [5, 5.41) is 8.00. The summed E-state index contributed by atoms with van der Waals surface area (Å²) in [5.41, 5.74) is 1.74. The number of aromatic nitrogens is 3. The standard InChI is InChI=1S/C7H5BrIN3/c1-3-5(8)2-4-6(9)11-12-7(4)10-3/h2H,1H3,(H,10,11,12). The molecule has 0 aliphatic carbocycles. The average Bonchev–Trinajstić information content (AvgIpc) is 2.35. The summed E-state index contributed by atoms with van der Waals surface area (Å²) in [5.74, 6) is 0. The molecule has 62 valence electrons. The maximum absolute atomic E-state index is 4.30. The number of halogens is 2. The predicted octanol–water partition coefficient (Wildman–Crippen LogP) is 2.63. The van der Waals surface area contributed by atoms with E-state index in [2.05, 4.69) is 53.7 Å². The van der Waals surface area contributed by atoms with Crippen molar-refractivity contribution in [3.05, 3.63) is 19.9 Å². The van der Waals surface area contributed by atoms with Crippen LogP contribution in [0.1, 0.15) is 5.69 Å². The van der Waals surface area contributed by atoms with E-state index in [4.69, 9.17) is 0 Å². The average molecular weight is 338 g/mol. The summed E-state index contributed by atoms with van der Waals surface area (Å²) in [6.07, 6.45) is 0. The largest absolute Gasteiger partial charge is 0.269 e. The Hall–Kier alpha value is -0.170. The fourth-order valence-corrected chi connectivity index (χ4v) is 1.81. The number of pyridine rings is 1. The number of H-pyrrole nitrogens is 1. The minimum atomic E-state index is 0.778. The zero-order chi connectivity index (χ0) is 8.72.